The quantitative estimate of drug-likeness (QED) is 0.0222. The van der Waals surface area contributed by atoms with Crippen LogP contribution in [0.2, 0.25) is 0 Å². The minimum Gasteiger partial charge on any atom is -0.462 e. The highest BCUT2D eigenvalue weighted by atomic mass is 31.2. The number of ether oxygens (including phenoxy) is 4. The first-order chi connectivity index (χ1) is 48.6. The smallest absolute Gasteiger partial charge is 0.462 e. The summed E-state index contributed by atoms with van der Waals surface area (Å²) < 4.78 is 68.8. The van der Waals surface area contributed by atoms with Gasteiger partial charge in [0.2, 0.25) is 0 Å². The molecule has 3 N–H and O–H groups in total. The van der Waals surface area contributed by atoms with Gasteiger partial charge in [-0.05, 0) is 49.4 Å². The van der Waals surface area contributed by atoms with Crippen molar-refractivity contribution in [1.29, 1.82) is 0 Å². The van der Waals surface area contributed by atoms with E-state index in [1.807, 2.05) is 0 Å². The van der Waals surface area contributed by atoms with E-state index in [1.54, 1.807) is 0 Å². The van der Waals surface area contributed by atoms with Crippen LogP contribution in [-0.4, -0.2) is 96.7 Å². The number of aliphatic hydroxyl groups is 1. The Hall–Kier alpha value is -1.94. The van der Waals surface area contributed by atoms with Gasteiger partial charge in [0.05, 0.1) is 26.4 Å². The van der Waals surface area contributed by atoms with E-state index in [2.05, 4.69) is 55.4 Å². The Morgan fingerprint density at radius 3 is 0.703 bits per heavy atom. The Balaban J connectivity index is 5.27. The summed E-state index contributed by atoms with van der Waals surface area (Å²) in [7, 11) is -9.92. The van der Waals surface area contributed by atoms with Gasteiger partial charge in [0, 0.05) is 25.7 Å². The number of hydrogen-bond acceptors (Lipinski definition) is 15. The maximum absolute atomic E-state index is 13.1. The molecule has 0 bridgehead atoms. The first-order valence-electron chi connectivity index (χ1n) is 42.2. The highest BCUT2D eigenvalue weighted by molar-refractivity contribution is 7.47. The predicted molar refractivity (Wildman–Crippen MR) is 414 cm³/mol. The average molecular weight is 1480 g/mol. The lowest BCUT2D eigenvalue weighted by Gasteiger charge is -2.21. The number of aliphatic hydroxyl groups excluding tert-OH is 1. The molecular formula is C82H160O17P2. The van der Waals surface area contributed by atoms with Crippen LogP contribution in [0.3, 0.4) is 0 Å². The van der Waals surface area contributed by atoms with Crippen molar-refractivity contribution < 1.29 is 80.2 Å². The summed E-state index contributed by atoms with van der Waals surface area (Å²) >= 11 is 0. The van der Waals surface area contributed by atoms with Gasteiger partial charge in [0.15, 0.2) is 12.2 Å². The predicted octanol–water partition coefficient (Wildman–Crippen LogP) is 24.4. The fourth-order valence-corrected chi connectivity index (χ4v) is 14.2. The van der Waals surface area contributed by atoms with Gasteiger partial charge < -0.3 is 33.8 Å². The van der Waals surface area contributed by atoms with Gasteiger partial charge in [0.1, 0.15) is 19.3 Å². The number of carbonyl (C=O) groups is 4. The molecule has 0 amide bonds. The second-order valence-corrected chi connectivity index (χ2v) is 34.1. The van der Waals surface area contributed by atoms with Crippen LogP contribution in [0.1, 0.15) is 421 Å². The normalized spacial score (nSPS) is 14.3. The van der Waals surface area contributed by atoms with Crippen LogP contribution in [0.4, 0.5) is 0 Å². The molecule has 0 aliphatic carbocycles. The van der Waals surface area contributed by atoms with E-state index in [0.29, 0.717) is 25.7 Å². The number of carbonyl (C=O) groups excluding carboxylic acids is 4. The molecule has 0 radical (unpaired) electrons. The molecule has 0 spiro atoms. The lowest BCUT2D eigenvalue weighted by Crippen LogP contribution is -2.30. The zero-order chi connectivity index (χ0) is 74.6. The van der Waals surface area contributed by atoms with E-state index >= 15 is 0 Å². The molecule has 600 valence electrons. The summed E-state index contributed by atoms with van der Waals surface area (Å²) in [5.74, 6) is 1.04. The molecule has 0 fully saturated rings. The van der Waals surface area contributed by atoms with Gasteiger partial charge in [-0.1, -0.05) is 370 Å². The summed E-state index contributed by atoms with van der Waals surface area (Å²) in [5, 5.41) is 10.7. The number of phosphoric ester groups is 2. The molecule has 0 aliphatic rings. The third-order valence-electron chi connectivity index (χ3n) is 19.4. The Morgan fingerprint density at radius 1 is 0.277 bits per heavy atom. The van der Waals surface area contributed by atoms with Gasteiger partial charge in [-0.25, -0.2) is 9.13 Å². The first kappa shape index (κ1) is 99.1. The Kier molecular flexibility index (Phi) is 69.6. The van der Waals surface area contributed by atoms with Crippen LogP contribution < -0.4 is 0 Å². The van der Waals surface area contributed by atoms with Gasteiger partial charge in [-0.15, -0.1) is 0 Å². The third-order valence-corrected chi connectivity index (χ3v) is 21.3. The minimum absolute atomic E-state index is 0.106. The first-order valence-corrected chi connectivity index (χ1v) is 45.2. The number of hydrogen-bond donors (Lipinski definition) is 3. The minimum atomic E-state index is -4.96. The maximum atomic E-state index is 13.1. The zero-order valence-corrected chi connectivity index (χ0v) is 68.3. The van der Waals surface area contributed by atoms with Crippen molar-refractivity contribution in [3.05, 3.63) is 0 Å². The molecular weight excluding hydrogens is 1320 g/mol. The van der Waals surface area contributed by atoms with E-state index in [9.17, 15) is 43.2 Å². The molecule has 0 rings (SSSR count). The molecule has 0 aromatic rings. The summed E-state index contributed by atoms with van der Waals surface area (Å²) in [4.78, 5) is 73.1. The van der Waals surface area contributed by atoms with Crippen molar-refractivity contribution in [3.8, 4) is 0 Å². The SMILES string of the molecule is CCC(C)CCCCCCCCCCCCCCCCC(=O)O[C@H](COC(=O)CCCCCCCCCCCCCCCCC(C)C)COP(=O)(O)OC[C@@H](O)COP(=O)(O)OC[C@@H](COC(=O)CCCCCCCCCCCC(C)C)OC(=O)CCCCCCCCCCCCCC(C)C. The van der Waals surface area contributed by atoms with Gasteiger partial charge in [0.25, 0.3) is 0 Å². The molecule has 0 aliphatic heterocycles. The topological polar surface area (TPSA) is 237 Å². The van der Waals surface area contributed by atoms with Crippen molar-refractivity contribution in [2.45, 2.75) is 440 Å². The van der Waals surface area contributed by atoms with E-state index < -0.39 is 97.5 Å². The Bertz CT molecular complexity index is 1970. The van der Waals surface area contributed by atoms with Gasteiger partial charge in [-0.3, -0.25) is 37.3 Å². The molecule has 101 heavy (non-hydrogen) atoms. The summed E-state index contributed by atoms with van der Waals surface area (Å²) in [6, 6.07) is 0. The summed E-state index contributed by atoms with van der Waals surface area (Å²) in [5.41, 5.74) is 0. The van der Waals surface area contributed by atoms with Crippen LogP contribution in [0, 0.1) is 23.7 Å². The molecule has 6 atom stereocenters. The molecule has 0 heterocycles. The lowest BCUT2D eigenvalue weighted by atomic mass is 9.99. The van der Waals surface area contributed by atoms with Crippen molar-refractivity contribution in [2.24, 2.45) is 23.7 Å². The lowest BCUT2D eigenvalue weighted by molar-refractivity contribution is -0.161. The third kappa shape index (κ3) is 74.7. The number of phosphoric acid groups is 2. The monoisotopic (exact) mass is 1480 g/mol. The largest absolute Gasteiger partial charge is 0.472 e. The molecule has 0 aromatic heterocycles. The van der Waals surface area contributed by atoms with Crippen molar-refractivity contribution in [1.82, 2.24) is 0 Å². The number of esters is 4. The van der Waals surface area contributed by atoms with E-state index in [1.165, 1.54) is 225 Å². The molecule has 19 heteroatoms. The van der Waals surface area contributed by atoms with Crippen LogP contribution in [0.15, 0.2) is 0 Å². The maximum Gasteiger partial charge on any atom is 0.472 e. The highest BCUT2D eigenvalue weighted by Gasteiger charge is 2.30. The Morgan fingerprint density at radius 2 is 0.475 bits per heavy atom. The standard InChI is InChI=1S/C82H160O17P2/c1-9-75(8)61-53-45-37-29-21-15-11-13-17-23-31-40-48-56-64-81(86)98-77(68-92-79(84)62-54-46-38-30-22-16-12-10-14-19-26-34-42-50-58-72(2)3)70-96-100(88,89)94-66-76(83)67-95-101(90,91)97-71-78(69-93-80(85)63-55-47-39-33-25-28-36-44-52-60-74(6)7)99-82(87)65-57-49-41-32-24-18-20-27-35-43-51-59-73(4)5/h72-78,83H,9-71H2,1-8H3,(H,88,89)(H,90,91)/t75?,76-,77-,78-/m1/s1. The summed E-state index contributed by atoms with van der Waals surface area (Å²) in [6.07, 6.45) is 58.1. The molecule has 3 unspecified atom stereocenters. The van der Waals surface area contributed by atoms with E-state index in [4.69, 9.17) is 37.0 Å². The van der Waals surface area contributed by atoms with Gasteiger partial charge in [-0.2, -0.15) is 0 Å². The fourth-order valence-electron chi connectivity index (χ4n) is 12.6. The Labute approximate surface area is 619 Å². The summed E-state index contributed by atoms with van der Waals surface area (Å²) in [6.45, 7) is 14.3. The zero-order valence-electron chi connectivity index (χ0n) is 66.5. The fraction of sp³-hybridized carbons (Fsp3) is 0.951. The highest BCUT2D eigenvalue weighted by Crippen LogP contribution is 2.45. The molecule has 0 aromatic carbocycles. The van der Waals surface area contributed by atoms with Crippen molar-refractivity contribution in [2.75, 3.05) is 39.6 Å². The second kappa shape index (κ2) is 71.0. The molecule has 0 saturated heterocycles. The van der Waals surface area contributed by atoms with Crippen molar-refractivity contribution >= 4 is 39.5 Å². The average Bonchev–Trinajstić information content (AvgIpc) is 0.925. The molecule has 17 nitrogen and oxygen atoms in total. The van der Waals surface area contributed by atoms with Crippen LogP contribution >= 0.6 is 15.6 Å². The number of unbranched alkanes of at least 4 members (excludes halogenated alkanes) is 44. The van der Waals surface area contributed by atoms with Crippen LogP contribution in [-0.2, 0) is 65.4 Å². The van der Waals surface area contributed by atoms with Crippen molar-refractivity contribution in [3.63, 3.8) is 0 Å². The van der Waals surface area contributed by atoms with E-state index in [0.717, 1.165) is 114 Å². The second-order valence-electron chi connectivity index (χ2n) is 31.2. The van der Waals surface area contributed by atoms with Crippen LogP contribution in [0.5, 0.6) is 0 Å². The van der Waals surface area contributed by atoms with E-state index in [-0.39, 0.29) is 25.7 Å². The van der Waals surface area contributed by atoms with Crippen LogP contribution in [0.25, 0.3) is 0 Å². The van der Waals surface area contributed by atoms with Gasteiger partial charge >= 0.3 is 39.5 Å². The molecule has 0 saturated carbocycles. The number of rotatable bonds is 79.